The van der Waals surface area contributed by atoms with Crippen molar-refractivity contribution in [2.75, 3.05) is 0 Å². The third kappa shape index (κ3) is 4.12. The van der Waals surface area contributed by atoms with Crippen LogP contribution in [0.4, 0.5) is 0 Å². The van der Waals surface area contributed by atoms with Gasteiger partial charge in [-0.1, -0.05) is 0 Å². The number of allylic oxidation sites excluding steroid dienone is 4. The fraction of sp³-hybridized carbons (Fsp3) is 0.545. The van der Waals surface area contributed by atoms with Crippen molar-refractivity contribution < 1.29 is 20.3 Å². The summed E-state index contributed by atoms with van der Waals surface area (Å²) >= 11 is -2.86. The Morgan fingerprint density at radius 1 is 0.808 bits per heavy atom. The zero-order valence-corrected chi connectivity index (χ0v) is 21.0. The summed E-state index contributed by atoms with van der Waals surface area (Å²) in [5.74, 6) is 1.04. The van der Waals surface area contributed by atoms with Gasteiger partial charge in [-0.2, -0.15) is 0 Å². The van der Waals surface area contributed by atoms with Gasteiger partial charge in [0.1, 0.15) is 0 Å². The fourth-order valence-corrected chi connectivity index (χ4v) is 13.2. The topological polar surface area (TPSA) is 9.23 Å². The standard InChI is InChI=1S/C10H15.C6H6O.2C3H7.2ClH.Ti/c1-7-6-10(4,5)9(3)8(7)2;7-6-4-2-1-3-5-6;2*1-3-2;;;/h1-5H3;1-5,7H;2*3H,1-2H3;2*1H;/q;;;;;;+1/p-1. The summed E-state index contributed by atoms with van der Waals surface area (Å²) in [4.78, 5) is 0. The molecular formula is C22H36Cl2OTi. The average Bonchev–Trinajstić information content (AvgIpc) is 2.66. The summed E-state index contributed by atoms with van der Waals surface area (Å²) in [5, 5.41) is 0. The molecule has 1 aliphatic carbocycles. The molecule has 0 N–H and O–H groups in total. The molecule has 1 aliphatic rings. The Kier molecular flexibility index (Phi) is 9.25. The van der Waals surface area contributed by atoms with E-state index in [1.54, 1.807) is 3.88 Å². The molecule has 0 fully saturated rings. The molecule has 0 saturated carbocycles. The van der Waals surface area contributed by atoms with Crippen molar-refractivity contribution in [2.24, 2.45) is 5.41 Å². The maximum absolute atomic E-state index is 7.01. The predicted molar refractivity (Wildman–Crippen MR) is 117 cm³/mol. The van der Waals surface area contributed by atoms with Crippen LogP contribution in [-0.2, 0) is 17.0 Å². The summed E-state index contributed by atoms with van der Waals surface area (Å²) in [6.07, 6.45) is 0. The first-order valence-corrected chi connectivity index (χ1v) is 12.4. The zero-order chi connectivity index (χ0) is 18.3. The van der Waals surface area contributed by atoms with Crippen LogP contribution in [0, 0.1) is 5.41 Å². The summed E-state index contributed by atoms with van der Waals surface area (Å²) in [6, 6.07) is 10.5. The Labute approximate surface area is 177 Å². The molecule has 0 bridgehead atoms. The first-order chi connectivity index (χ1) is 11.1. The summed E-state index contributed by atoms with van der Waals surface area (Å²) in [7, 11) is 0. The number of benzene rings is 1. The summed E-state index contributed by atoms with van der Waals surface area (Å²) in [6.45, 7) is 21.2. The van der Waals surface area contributed by atoms with Crippen LogP contribution in [0.2, 0.25) is 8.45 Å². The van der Waals surface area contributed by atoms with E-state index in [-0.39, 0.29) is 30.2 Å². The molecule has 0 saturated heterocycles. The van der Waals surface area contributed by atoms with E-state index >= 15 is 0 Å². The molecule has 0 aliphatic heterocycles. The van der Waals surface area contributed by atoms with E-state index in [4.69, 9.17) is 3.32 Å². The van der Waals surface area contributed by atoms with E-state index in [2.05, 4.69) is 92.6 Å². The smallest absolute Gasteiger partial charge is 0.147 e. The van der Waals surface area contributed by atoms with Crippen LogP contribution in [0.15, 0.2) is 50.9 Å². The van der Waals surface area contributed by atoms with Crippen molar-refractivity contribution in [3.63, 3.8) is 0 Å². The largest absolute Gasteiger partial charge is 0.147 e. The quantitative estimate of drug-likeness (QED) is 0.423. The fourth-order valence-electron chi connectivity index (χ4n) is 4.59. The number of rotatable bonds is 5. The minimum atomic E-state index is -2.86. The molecule has 0 amide bonds. The average molecular weight is 435 g/mol. The van der Waals surface area contributed by atoms with Crippen molar-refractivity contribution >= 4 is 24.8 Å². The Balaban J connectivity index is 0.00000312. The van der Waals surface area contributed by atoms with Crippen LogP contribution in [0.25, 0.3) is 0 Å². The Bertz CT molecular complexity index is 665. The molecule has 0 heterocycles. The minimum Gasteiger partial charge on any atom is -0.147 e. The Morgan fingerprint density at radius 2 is 1.27 bits per heavy atom. The molecule has 1 nitrogen and oxygen atoms in total. The maximum atomic E-state index is 7.01. The Morgan fingerprint density at radius 3 is 1.62 bits per heavy atom. The first-order valence-electron chi connectivity index (χ1n) is 9.21. The number of hydrogen-bond donors (Lipinski definition) is 0. The second-order valence-corrected chi connectivity index (χ2v) is 15.6. The van der Waals surface area contributed by atoms with E-state index in [9.17, 15) is 0 Å². The zero-order valence-electron chi connectivity index (χ0n) is 17.8. The van der Waals surface area contributed by atoms with E-state index in [0.29, 0.717) is 8.45 Å². The molecule has 26 heavy (non-hydrogen) atoms. The molecular weight excluding hydrogens is 399 g/mol. The van der Waals surface area contributed by atoms with Gasteiger partial charge < -0.3 is 0 Å². The molecule has 1 aromatic carbocycles. The molecule has 148 valence electrons. The number of hydrogen-bond acceptors (Lipinski definition) is 1. The van der Waals surface area contributed by atoms with E-state index in [1.165, 1.54) is 16.7 Å². The monoisotopic (exact) mass is 434 g/mol. The van der Waals surface area contributed by atoms with Crippen molar-refractivity contribution in [2.45, 2.75) is 70.8 Å². The summed E-state index contributed by atoms with van der Waals surface area (Å²) < 4.78 is 9.79. The van der Waals surface area contributed by atoms with Crippen molar-refractivity contribution in [1.29, 1.82) is 0 Å². The number of halogens is 2. The third-order valence-electron chi connectivity index (χ3n) is 6.20. The molecule has 0 aromatic heterocycles. The van der Waals surface area contributed by atoms with Crippen molar-refractivity contribution in [3.05, 3.63) is 50.9 Å². The molecule has 0 spiro atoms. The normalized spacial score (nSPS) is 16.7. The van der Waals surface area contributed by atoms with Gasteiger partial charge in [-0.05, 0) is 0 Å². The van der Waals surface area contributed by atoms with E-state index < -0.39 is 17.0 Å². The van der Waals surface area contributed by atoms with Crippen LogP contribution >= 0.6 is 24.8 Å². The van der Waals surface area contributed by atoms with Gasteiger partial charge in [0.2, 0.25) is 0 Å². The van der Waals surface area contributed by atoms with Crippen LogP contribution in [-0.4, -0.2) is 0 Å². The second kappa shape index (κ2) is 9.33. The predicted octanol–water partition coefficient (Wildman–Crippen LogP) is 8.28. The second-order valence-electron chi connectivity index (χ2n) is 8.39. The molecule has 0 atom stereocenters. The van der Waals surface area contributed by atoms with Gasteiger partial charge in [-0.3, -0.25) is 0 Å². The van der Waals surface area contributed by atoms with Crippen LogP contribution < -0.4 is 3.32 Å². The minimum absolute atomic E-state index is 0. The van der Waals surface area contributed by atoms with E-state index in [1.807, 2.05) is 0 Å². The van der Waals surface area contributed by atoms with Gasteiger partial charge in [0, 0.05) is 0 Å². The van der Waals surface area contributed by atoms with Gasteiger partial charge in [0.15, 0.2) is 0 Å². The van der Waals surface area contributed by atoms with Crippen LogP contribution in [0.5, 0.6) is 5.75 Å². The van der Waals surface area contributed by atoms with Gasteiger partial charge in [0.25, 0.3) is 0 Å². The maximum Gasteiger partial charge on any atom is -0.147 e. The van der Waals surface area contributed by atoms with E-state index in [0.717, 1.165) is 5.75 Å². The van der Waals surface area contributed by atoms with Gasteiger partial charge in [0.05, 0.1) is 0 Å². The Hall–Kier alpha value is -0.206. The van der Waals surface area contributed by atoms with Gasteiger partial charge in [-0.15, -0.1) is 24.8 Å². The molecule has 4 heteroatoms. The van der Waals surface area contributed by atoms with Crippen LogP contribution in [0.3, 0.4) is 0 Å². The summed E-state index contributed by atoms with van der Waals surface area (Å²) in [5.41, 5.74) is 4.60. The van der Waals surface area contributed by atoms with Crippen molar-refractivity contribution in [1.82, 2.24) is 0 Å². The van der Waals surface area contributed by atoms with Gasteiger partial charge in [-0.25, -0.2) is 0 Å². The third-order valence-corrected chi connectivity index (χ3v) is 15.2. The van der Waals surface area contributed by atoms with Crippen LogP contribution in [0.1, 0.15) is 62.3 Å². The first kappa shape index (κ1) is 25.8. The molecule has 0 radical (unpaired) electrons. The van der Waals surface area contributed by atoms with Crippen molar-refractivity contribution in [3.8, 4) is 5.75 Å². The molecule has 0 unspecified atom stereocenters. The molecule has 1 aromatic rings. The molecule has 2 rings (SSSR count). The van der Waals surface area contributed by atoms with Gasteiger partial charge >= 0.3 is 153 Å². The number of para-hydroxylation sites is 1. The SMILES string of the molecule is CC1=C(C)C(C)(C)[C]([Ti]([O]c2ccccc2)([CH](C)C)[CH](C)C)=C1C.Cl.Cl.